The van der Waals surface area contributed by atoms with Gasteiger partial charge in [0.1, 0.15) is 13.2 Å². The fourth-order valence-corrected chi connectivity index (χ4v) is 2.85. The van der Waals surface area contributed by atoms with Crippen LogP contribution in [0, 0.1) is 0 Å². The molecule has 0 saturated carbocycles. The third kappa shape index (κ3) is 2.80. The molecule has 6 heteroatoms. The van der Waals surface area contributed by atoms with Gasteiger partial charge >= 0.3 is 0 Å². The number of carbonyl (C=O) groups excluding carboxylic acids is 1. The summed E-state index contributed by atoms with van der Waals surface area (Å²) in [5, 5.41) is 0.407. The molecule has 0 N–H and O–H groups in total. The van der Waals surface area contributed by atoms with Crippen LogP contribution < -0.4 is 9.47 Å². The molecular weight excluding hydrogens is 294 g/mol. The van der Waals surface area contributed by atoms with Gasteiger partial charge in [-0.25, -0.2) is 0 Å². The van der Waals surface area contributed by atoms with Gasteiger partial charge < -0.3 is 19.1 Å². The zero-order chi connectivity index (χ0) is 15.0. The number of benzene rings is 1. The fourth-order valence-electron chi connectivity index (χ4n) is 2.59. The molecule has 1 aromatic carbocycles. The number of amides is 1. The minimum atomic E-state index is -0.0588. The number of fused-ring (bicyclic) bond motifs is 1. The Morgan fingerprint density at radius 1 is 1.29 bits per heavy atom. The Morgan fingerprint density at radius 2 is 2.05 bits per heavy atom. The minimum absolute atomic E-state index is 0.0397. The molecule has 3 rings (SSSR count). The van der Waals surface area contributed by atoms with Crippen molar-refractivity contribution in [1.82, 2.24) is 4.90 Å². The summed E-state index contributed by atoms with van der Waals surface area (Å²) in [6, 6.07) is 3.39. The van der Waals surface area contributed by atoms with Crippen LogP contribution in [0.2, 0.25) is 5.02 Å². The third-order valence-electron chi connectivity index (χ3n) is 3.71. The molecule has 21 heavy (non-hydrogen) atoms. The zero-order valence-electron chi connectivity index (χ0n) is 12.1. The lowest BCUT2D eigenvalue weighted by Crippen LogP contribution is -2.50. The molecule has 0 aliphatic carbocycles. The number of hydrogen-bond donors (Lipinski definition) is 0. The van der Waals surface area contributed by atoms with Crippen molar-refractivity contribution in [2.45, 2.75) is 26.0 Å². The Balaban J connectivity index is 1.89. The lowest BCUT2D eigenvalue weighted by molar-refractivity contribution is -0.0387. The van der Waals surface area contributed by atoms with Gasteiger partial charge in [-0.05, 0) is 26.0 Å². The summed E-state index contributed by atoms with van der Waals surface area (Å²) >= 11 is 6.19. The molecule has 1 amide bonds. The number of halogens is 1. The van der Waals surface area contributed by atoms with Gasteiger partial charge in [0.05, 0.1) is 23.8 Å². The topological polar surface area (TPSA) is 48.0 Å². The van der Waals surface area contributed by atoms with Gasteiger partial charge in [0.2, 0.25) is 0 Å². The maximum absolute atomic E-state index is 12.7. The largest absolute Gasteiger partial charge is 0.486 e. The van der Waals surface area contributed by atoms with Crippen molar-refractivity contribution >= 4 is 17.5 Å². The van der Waals surface area contributed by atoms with E-state index in [2.05, 4.69) is 0 Å². The number of morpholine rings is 1. The summed E-state index contributed by atoms with van der Waals surface area (Å²) in [5.74, 6) is 0.991. The van der Waals surface area contributed by atoms with E-state index in [-0.39, 0.29) is 18.1 Å². The van der Waals surface area contributed by atoms with Crippen molar-refractivity contribution < 1.29 is 19.0 Å². The summed E-state index contributed by atoms with van der Waals surface area (Å²) in [4.78, 5) is 14.5. The van der Waals surface area contributed by atoms with Crippen molar-refractivity contribution in [3.63, 3.8) is 0 Å². The molecule has 2 atom stereocenters. The molecule has 2 aliphatic heterocycles. The van der Waals surface area contributed by atoms with Gasteiger partial charge in [-0.15, -0.1) is 0 Å². The van der Waals surface area contributed by atoms with Crippen LogP contribution in [0.1, 0.15) is 24.2 Å². The zero-order valence-corrected chi connectivity index (χ0v) is 12.9. The Morgan fingerprint density at radius 3 is 2.86 bits per heavy atom. The van der Waals surface area contributed by atoms with Crippen LogP contribution in [0.15, 0.2) is 12.1 Å². The van der Waals surface area contributed by atoms with Gasteiger partial charge in [-0.1, -0.05) is 11.6 Å². The van der Waals surface area contributed by atoms with E-state index < -0.39 is 0 Å². The van der Waals surface area contributed by atoms with Crippen LogP contribution in [0.5, 0.6) is 11.5 Å². The van der Waals surface area contributed by atoms with E-state index in [0.29, 0.717) is 48.5 Å². The minimum Gasteiger partial charge on any atom is -0.486 e. The molecule has 0 bridgehead atoms. The van der Waals surface area contributed by atoms with Crippen molar-refractivity contribution in [3.8, 4) is 11.5 Å². The summed E-state index contributed by atoms with van der Waals surface area (Å²) < 4.78 is 16.6. The summed E-state index contributed by atoms with van der Waals surface area (Å²) in [5.41, 5.74) is 0.519. The maximum atomic E-state index is 12.7. The lowest BCUT2D eigenvalue weighted by Gasteiger charge is -2.37. The first kappa shape index (κ1) is 14.5. The van der Waals surface area contributed by atoms with Crippen molar-refractivity contribution in [2.75, 3.05) is 26.4 Å². The predicted octanol–water partition coefficient (Wildman–Crippen LogP) is 2.36. The molecule has 0 radical (unpaired) electrons. The summed E-state index contributed by atoms with van der Waals surface area (Å²) in [6.07, 6.45) is 0.0397. The molecule has 114 valence electrons. The lowest BCUT2D eigenvalue weighted by atomic mass is 10.1. The number of ether oxygens (including phenoxy) is 3. The van der Waals surface area contributed by atoms with Crippen LogP contribution in [-0.4, -0.2) is 49.3 Å². The molecule has 0 unspecified atom stereocenters. The Kier molecular flexibility index (Phi) is 3.95. The second kappa shape index (κ2) is 5.73. The Labute approximate surface area is 128 Å². The predicted molar refractivity (Wildman–Crippen MR) is 78.4 cm³/mol. The van der Waals surface area contributed by atoms with Crippen molar-refractivity contribution in [3.05, 3.63) is 22.7 Å². The standard InChI is InChI=1S/C15H18ClNO4/c1-9-8-21-10(2)7-17(9)15(18)11-5-12(16)14-13(6-11)19-3-4-20-14/h5-6,9-10H,3-4,7-8H2,1-2H3/t9-,10-/m1/s1. The average molecular weight is 312 g/mol. The molecular formula is C15H18ClNO4. The van der Waals surface area contributed by atoms with Crippen molar-refractivity contribution in [2.24, 2.45) is 0 Å². The summed E-state index contributed by atoms with van der Waals surface area (Å²) in [7, 11) is 0. The van der Waals surface area contributed by atoms with Gasteiger partial charge in [0.15, 0.2) is 11.5 Å². The van der Waals surface area contributed by atoms with Crippen LogP contribution in [0.3, 0.4) is 0 Å². The molecule has 1 fully saturated rings. The second-order valence-corrected chi connectivity index (χ2v) is 5.84. The Hall–Kier alpha value is -1.46. The van der Waals surface area contributed by atoms with Crippen LogP contribution in [0.4, 0.5) is 0 Å². The molecule has 0 aromatic heterocycles. The van der Waals surface area contributed by atoms with E-state index in [9.17, 15) is 4.79 Å². The van der Waals surface area contributed by atoms with E-state index in [1.807, 2.05) is 18.7 Å². The molecule has 5 nitrogen and oxygen atoms in total. The van der Waals surface area contributed by atoms with E-state index in [4.69, 9.17) is 25.8 Å². The third-order valence-corrected chi connectivity index (χ3v) is 3.99. The van der Waals surface area contributed by atoms with Gasteiger partial charge in [0.25, 0.3) is 5.91 Å². The van der Waals surface area contributed by atoms with Crippen LogP contribution in [0.25, 0.3) is 0 Å². The van der Waals surface area contributed by atoms with Crippen LogP contribution in [-0.2, 0) is 4.74 Å². The average Bonchev–Trinajstić information content (AvgIpc) is 2.49. The fraction of sp³-hybridized carbons (Fsp3) is 0.533. The molecule has 1 saturated heterocycles. The highest BCUT2D eigenvalue weighted by Crippen LogP contribution is 2.38. The Bertz CT molecular complexity index is 563. The van der Waals surface area contributed by atoms with E-state index in [0.717, 1.165) is 0 Å². The number of hydrogen-bond acceptors (Lipinski definition) is 4. The molecule has 2 aliphatic rings. The van der Waals surface area contributed by atoms with Crippen LogP contribution >= 0.6 is 11.6 Å². The quantitative estimate of drug-likeness (QED) is 0.799. The number of rotatable bonds is 1. The van der Waals surface area contributed by atoms with E-state index in [1.54, 1.807) is 12.1 Å². The summed E-state index contributed by atoms with van der Waals surface area (Å²) in [6.45, 7) is 5.99. The molecule has 1 aromatic rings. The monoisotopic (exact) mass is 311 g/mol. The number of nitrogens with zero attached hydrogens (tertiary/aromatic N) is 1. The van der Waals surface area contributed by atoms with E-state index >= 15 is 0 Å². The second-order valence-electron chi connectivity index (χ2n) is 5.43. The highest BCUT2D eigenvalue weighted by molar-refractivity contribution is 6.32. The number of carbonyl (C=O) groups is 1. The van der Waals surface area contributed by atoms with Crippen molar-refractivity contribution in [1.29, 1.82) is 0 Å². The highest BCUT2D eigenvalue weighted by Gasteiger charge is 2.29. The highest BCUT2D eigenvalue weighted by atomic mass is 35.5. The first-order chi connectivity index (χ1) is 10.1. The first-order valence-corrected chi connectivity index (χ1v) is 7.45. The molecule has 2 heterocycles. The van der Waals surface area contributed by atoms with Gasteiger partial charge in [0, 0.05) is 12.1 Å². The molecule has 0 spiro atoms. The van der Waals surface area contributed by atoms with Gasteiger partial charge in [-0.2, -0.15) is 0 Å². The van der Waals surface area contributed by atoms with E-state index in [1.165, 1.54) is 0 Å². The normalized spacial score (nSPS) is 24.8. The van der Waals surface area contributed by atoms with Gasteiger partial charge in [-0.3, -0.25) is 4.79 Å². The first-order valence-electron chi connectivity index (χ1n) is 7.08. The smallest absolute Gasteiger partial charge is 0.254 e. The maximum Gasteiger partial charge on any atom is 0.254 e. The SMILES string of the molecule is C[C@@H]1CN(C(=O)c2cc(Cl)c3c(c2)OCCO3)[C@H](C)CO1.